The second-order valence-electron chi connectivity index (χ2n) is 7.91. The Bertz CT molecular complexity index is 518. The number of benzene rings is 1. The second kappa shape index (κ2) is 11.6. The average molecular weight is 376 g/mol. The van der Waals surface area contributed by atoms with E-state index in [1.807, 2.05) is 13.8 Å². The highest BCUT2D eigenvalue weighted by atomic mass is 16.5. The Morgan fingerprint density at radius 1 is 1.00 bits per heavy atom. The molecule has 2 aliphatic rings. The maximum absolute atomic E-state index is 6.01. The third-order valence-electron chi connectivity index (χ3n) is 5.79. The quantitative estimate of drug-likeness (QED) is 0.793. The molecule has 2 N–H and O–H groups in total. The molecule has 0 unspecified atom stereocenters. The van der Waals surface area contributed by atoms with Gasteiger partial charge >= 0.3 is 0 Å². The van der Waals surface area contributed by atoms with Gasteiger partial charge < -0.3 is 15.4 Å². The van der Waals surface area contributed by atoms with E-state index in [-0.39, 0.29) is 6.10 Å². The van der Waals surface area contributed by atoms with Gasteiger partial charge in [-0.1, -0.05) is 26.0 Å². The predicted octanol–water partition coefficient (Wildman–Crippen LogP) is 4.53. The lowest BCUT2D eigenvalue weighted by atomic mass is 9.83. The molecule has 4 heteroatoms. The van der Waals surface area contributed by atoms with Crippen LogP contribution in [-0.4, -0.2) is 49.8 Å². The topological polar surface area (TPSA) is 41.7 Å². The molecule has 4 nitrogen and oxygen atoms in total. The summed E-state index contributed by atoms with van der Waals surface area (Å²) in [6.45, 7) is 13.6. The number of piperazine rings is 1. The zero-order valence-corrected chi connectivity index (χ0v) is 18.0. The summed E-state index contributed by atoms with van der Waals surface area (Å²) in [5.41, 5.74) is 6.98. The van der Waals surface area contributed by atoms with Gasteiger partial charge in [-0.3, -0.25) is 4.90 Å². The highest BCUT2D eigenvalue weighted by Crippen LogP contribution is 2.32. The zero-order valence-electron chi connectivity index (χ0n) is 18.0. The normalized spacial score (nSPS) is 23.7. The van der Waals surface area contributed by atoms with Crippen LogP contribution in [0.1, 0.15) is 59.8 Å². The Labute approximate surface area is 167 Å². The minimum absolute atomic E-state index is 0.214. The number of hydrogen-bond donors (Lipinski definition) is 1. The lowest BCUT2D eigenvalue weighted by molar-refractivity contribution is 0.127. The van der Waals surface area contributed by atoms with Gasteiger partial charge in [-0.25, -0.2) is 0 Å². The van der Waals surface area contributed by atoms with Crippen molar-refractivity contribution in [2.75, 3.05) is 37.6 Å². The summed E-state index contributed by atoms with van der Waals surface area (Å²) in [5.74, 6) is 1.90. The summed E-state index contributed by atoms with van der Waals surface area (Å²) in [4.78, 5) is 5.22. The minimum Gasteiger partial charge on any atom is -0.489 e. The average Bonchev–Trinajstić information content (AvgIpc) is 2.71. The van der Waals surface area contributed by atoms with Gasteiger partial charge in [0.25, 0.3) is 0 Å². The summed E-state index contributed by atoms with van der Waals surface area (Å²) in [6, 6.07) is 9.27. The molecule has 27 heavy (non-hydrogen) atoms. The van der Waals surface area contributed by atoms with Crippen LogP contribution in [0.3, 0.4) is 0 Å². The van der Waals surface area contributed by atoms with Gasteiger partial charge in [0.05, 0.1) is 11.8 Å². The Hall–Kier alpha value is -1.26. The van der Waals surface area contributed by atoms with E-state index in [2.05, 4.69) is 47.9 Å². The fourth-order valence-electron chi connectivity index (χ4n) is 4.43. The number of nitrogens with zero attached hydrogens (tertiary/aromatic N) is 2. The molecule has 1 heterocycles. The Kier molecular flexibility index (Phi) is 9.43. The van der Waals surface area contributed by atoms with Gasteiger partial charge in [-0.2, -0.15) is 0 Å². The van der Waals surface area contributed by atoms with Crippen molar-refractivity contribution >= 4 is 5.69 Å². The number of nitrogens with two attached hydrogens (primary N) is 1. The van der Waals surface area contributed by atoms with E-state index >= 15 is 0 Å². The maximum atomic E-state index is 6.01. The smallest absolute Gasteiger partial charge is 0.142 e. The molecule has 1 aromatic rings. The summed E-state index contributed by atoms with van der Waals surface area (Å²) < 4.78 is 6.01. The van der Waals surface area contributed by atoms with Crippen molar-refractivity contribution in [2.45, 2.75) is 71.9 Å². The number of rotatable bonds is 6. The Morgan fingerprint density at radius 3 is 2.22 bits per heavy atom. The fourth-order valence-corrected chi connectivity index (χ4v) is 4.43. The number of anilines is 1. The molecule has 1 aromatic carbocycles. The molecule has 1 saturated carbocycles. The van der Waals surface area contributed by atoms with Crippen molar-refractivity contribution < 1.29 is 4.74 Å². The first kappa shape index (κ1) is 22.0. The summed E-state index contributed by atoms with van der Waals surface area (Å²) >= 11 is 0. The number of para-hydroxylation sites is 2. The van der Waals surface area contributed by atoms with Crippen molar-refractivity contribution in [1.29, 1.82) is 0 Å². The monoisotopic (exact) mass is 375 g/mol. The molecule has 0 aromatic heterocycles. The molecule has 154 valence electrons. The molecule has 0 bridgehead atoms. The van der Waals surface area contributed by atoms with Crippen molar-refractivity contribution in [3.05, 3.63) is 24.3 Å². The van der Waals surface area contributed by atoms with Crippen LogP contribution in [0.4, 0.5) is 5.69 Å². The fraction of sp³-hybridized carbons (Fsp3) is 0.739. The molecule has 1 aliphatic carbocycles. The van der Waals surface area contributed by atoms with Crippen LogP contribution in [0, 0.1) is 5.92 Å². The van der Waals surface area contributed by atoms with Gasteiger partial charge in [0.1, 0.15) is 5.75 Å². The zero-order chi connectivity index (χ0) is 19.6. The van der Waals surface area contributed by atoms with E-state index in [9.17, 15) is 0 Å². The van der Waals surface area contributed by atoms with Crippen LogP contribution in [-0.2, 0) is 0 Å². The van der Waals surface area contributed by atoms with Gasteiger partial charge in [-0.15, -0.1) is 0 Å². The molecule has 0 atom stereocenters. The number of ether oxygens (including phenoxy) is 1. The molecule has 2 fully saturated rings. The molecule has 3 rings (SSSR count). The Balaban J connectivity index is 0.00000126. The molecular weight excluding hydrogens is 334 g/mol. The lowest BCUT2D eigenvalue weighted by Crippen LogP contribution is -2.51. The summed E-state index contributed by atoms with van der Waals surface area (Å²) in [7, 11) is 0. The molecule has 1 aliphatic heterocycles. The second-order valence-corrected chi connectivity index (χ2v) is 7.91. The lowest BCUT2D eigenvalue weighted by Gasteiger charge is -2.43. The predicted molar refractivity (Wildman–Crippen MR) is 117 cm³/mol. The standard InChI is InChI=1S/C21H35N3O.C2H6/c1-17(2)25-21-6-4-3-5-20(21)24-15-13-23(14-16-24)19-9-7-18(8-10-19)11-12-22;1-2/h3-6,17-19H,7-16,22H2,1-2H3;1-2H3. The first-order chi connectivity index (χ1) is 13.2. The molecular formula is C23H41N3O. The van der Waals surface area contributed by atoms with Crippen LogP contribution in [0.25, 0.3) is 0 Å². The largest absolute Gasteiger partial charge is 0.489 e. The van der Waals surface area contributed by atoms with E-state index in [1.165, 1.54) is 50.9 Å². The molecule has 0 spiro atoms. The summed E-state index contributed by atoms with van der Waals surface area (Å²) in [5, 5.41) is 0. The first-order valence-corrected chi connectivity index (χ1v) is 11.1. The van der Waals surface area contributed by atoms with Crippen LogP contribution < -0.4 is 15.4 Å². The SMILES string of the molecule is CC.CC(C)Oc1ccccc1N1CCN(C2CCC(CCN)CC2)CC1. The van der Waals surface area contributed by atoms with Gasteiger partial charge in [0, 0.05) is 32.2 Å². The van der Waals surface area contributed by atoms with Gasteiger partial charge in [-0.05, 0) is 70.5 Å². The molecule has 0 amide bonds. The van der Waals surface area contributed by atoms with Crippen LogP contribution in [0.5, 0.6) is 5.75 Å². The van der Waals surface area contributed by atoms with E-state index < -0.39 is 0 Å². The van der Waals surface area contributed by atoms with Crippen molar-refractivity contribution in [1.82, 2.24) is 4.90 Å². The van der Waals surface area contributed by atoms with E-state index in [4.69, 9.17) is 10.5 Å². The number of hydrogen-bond acceptors (Lipinski definition) is 4. The molecule has 0 radical (unpaired) electrons. The first-order valence-electron chi connectivity index (χ1n) is 11.1. The minimum atomic E-state index is 0.214. The van der Waals surface area contributed by atoms with Crippen LogP contribution >= 0.6 is 0 Å². The van der Waals surface area contributed by atoms with E-state index in [1.54, 1.807) is 0 Å². The van der Waals surface area contributed by atoms with Gasteiger partial charge in [0.2, 0.25) is 0 Å². The van der Waals surface area contributed by atoms with E-state index in [0.29, 0.717) is 0 Å². The Morgan fingerprint density at radius 2 is 1.63 bits per heavy atom. The van der Waals surface area contributed by atoms with Crippen molar-refractivity contribution in [3.8, 4) is 5.75 Å². The van der Waals surface area contributed by atoms with Gasteiger partial charge in [0.15, 0.2) is 0 Å². The highest BCUT2D eigenvalue weighted by Gasteiger charge is 2.28. The third-order valence-corrected chi connectivity index (χ3v) is 5.79. The third kappa shape index (κ3) is 6.39. The highest BCUT2D eigenvalue weighted by molar-refractivity contribution is 5.58. The summed E-state index contributed by atoms with van der Waals surface area (Å²) in [6.07, 6.45) is 6.88. The van der Waals surface area contributed by atoms with E-state index in [0.717, 1.165) is 37.3 Å². The maximum Gasteiger partial charge on any atom is 0.142 e. The van der Waals surface area contributed by atoms with Crippen LogP contribution in [0.2, 0.25) is 0 Å². The molecule has 1 saturated heterocycles. The van der Waals surface area contributed by atoms with Crippen molar-refractivity contribution in [3.63, 3.8) is 0 Å². The van der Waals surface area contributed by atoms with Crippen molar-refractivity contribution in [2.24, 2.45) is 11.7 Å². The van der Waals surface area contributed by atoms with Crippen LogP contribution in [0.15, 0.2) is 24.3 Å².